The summed E-state index contributed by atoms with van der Waals surface area (Å²) < 4.78 is 10.5. The number of rotatable bonds is 4. The van der Waals surface area contributed by atoms with Gasteiger partial charge in [-0.05, 0) is 28.8 Å². The number of nitriles is 1. The molecule has 20 heavy (non-hydrogen) atoms. The number of hydrogen-bond acceptors (Lipinski definition) is 3. The van der Waals surface area contributed by atoms with Crippen LogP contribution in [-0.2, 0) is 0 Å². The van der Waals surface area contributed by atoms with E-state index in [4.69, 9.17) is 14.7 Å². The minimum atomic E-state index is 0.643. The van der Waals surface area contributed by atoms with Crippen molar-refractivity contribution in [2.24, 2.45) is 0 Å². The van der Waals surface area contributed by atoms with Crippen molar-refractivity contribution < 1.29 is 9.47 Å². The lowest BCUT2D eigenvalue weighted by Crippen LogP contribution is -1.93. The Labute approximate surface area is 118 Å². The van der Waals surface area contributed by atoms with E-state index < -0.39 is 0 Å². The lowest BCUT2D eigenvalue weighted by atomic mass is 9.97. The maximum atomic E-state index is 9.00. The normalized spacial score (nSPS) is 10.8. The summed E-state index contributed by atoms with van der Waals surface area (Å²) in [5.74, 6) is 1.31. The van der Waals surface area contributed by atoms with Crippen LogP contribution in [0.15, 0.2) is 54.6 Å². The SMILES string of the molecule is COc1ccc(/C(=C/C#N)c2ccccc2)cc1OC. The monoisotopic (exact) mass is 265 g/mol. The lowest BCUT2D eigenvalue weighted by molar-refractivity contribution is 0.355. The van der Waals surface area contributed by atoms with Gasteiger partial charge in [0.1, 0.15) is 0 Å². The van der Waals surface area contributed by atoms with Crippen LogP contribution in [-0.4, -0.2) is 14.2 Å². The van der Waals surface area contributed by atoms with Crippen LogP contribution >= 0.6 is 0 Å². The number of benzene rings is 2. The van der Waals surface area contributed by atoms with Gasteiger partial charge in [0.05, 0.1) is 20.3 Å². The molecule has 0 unspecified atom stereocenters. The van der Waals surface area contributed by atoms with Gasteiger partial charge in [0.15, 0.2) is 11.5 Å². The van der Waals surface area contributed by atoms with Crippen LogP contribution in [0.25, 0.3) is 5.57 Å². The molecule has 0 saturated heterocycles. The van der Waals surface area contributed by atoms with Gasteiger partial charge in [0.25, 0.3) is 0 Å². The Balaban J connectivity index is 2.52. The number of allylic oxidation sites excluding steroid dienone is 1. The third-order valence-corrected chi connectivity index (χ3v) is 2.99. The zero-order valence-corrected chi connectivity index (χ0v) is 11.5. The van der Waals surface area contributed by atoms with Gasteiger partial charge in [0, 0.05) is 6.08 Å². The van der Waals surface area contributed by atoms with E-state index in [0.717, 1.165) is 16.7 Å². The summed E-state index contributed by atoms with van der Waals surface area (Å²) in [5.41, 5.74) is 2.76. The van der Waals surface area contributed by atoms with Gasteiger partial charge in [0.2, 0.25) is 0 Å². The van der Waals surface area contributed by atoms with Crippen LogP contribution in [0.5, 0.6) is 11.5 Å². The van der Waals surface area contributed by atoms with E-state index in [9.17, 15) is 0 Å². The zero-order valence-electron chi connectivity index (χ0n) is 11.5. The molecule has 0 aromatic heterocycles. The summed E-state index contributed by atoms with van der Waals surface area (Å²) in [6.45, 7) is 0. The molecule has 0 amide bonds. The highest BCUT2D eigenvalue weighted by Crippen LogP contribution is 2.32. The Hall–Kier alpha value is -2.73. The summed E-state index contributed by atoms with van der Waals surface area (Å²) in [6.07, 6.45) is 1.54. The van der Waals surface area contributed by atoms with E-state index in [1.165, 1.54) is 6.08 Å². The molecule has 0 N–H and O–H groups in total. The lowest BCUT2D eigenvalue weighted by Gasteiger charge is -2.11. The molecule has 3 nitrogen and oxygen atoms in total. The van der Waals surface area contributed by atoms with E-state index in [1.807, 2.05) is 48.5 Å². The summed E-state index contributed by atoms with van der Waals surface area (Å²) in [7, 11) is 3.19. The second-order valence-corrected chi connectivity index (χ2v) is 4.12. The molecule has 3 heteroatoms. The first-order valence-corrected chi connectivity index (χ1v) is 6.17. The molecule has 0 saturated carbocycles. The van der Waals surface area contributed by atoms with Crippen molar-refractivity contribution in [3.8, 4) is 17.6 Å². The molecule has 0 atom stereocenters. The summed E-state index contributed by atoms with van der Waals surface area (Å²) in [6, 6.07) is 17.5. The van der Waals surface area contributed by atoms with Gasteiger partial charge in [-0.2, -0.15) is 5.26 Å². The number of hydrogen-bond donors (Lipinski definition) is 0. The third-order valence-electron chi connectivity index (χ3n) is 2.99. The van der Waals surface area contributed by atoms with Crippen LogP contribution in [0, 0.1) is 11.3 Å². The number of methoxy groups -OCH3 is 2. The van der Waals surface area contributed by atoms with E-state index in [1.54, 1.807) is 14.2 Å². The fraction of sp³-hybridized carbons (Fsp3) is 0.118. The van der Waals surface area contributed by atoms with Crippen molar-refractivity contribution >= 4 is 5.57 Å². The first-order valence-electron chi connectivity index (χ1n) is 6.17. The molecule has 0 bridgehead atoms. The average molecular weight is 265 g/mol. The van der Waals surface area contributed by atoms with Crippen molar-refractivity contribution in [1.82, 2.24) is 0 Å². The maximum Gasteiger partial charge on any atom is 0.161 e. The predicted octanol–water partition coefficient (Wildman–Crippen LogP) is 3.66. The molecule has 0 aliphatic carbocycles. The van der Waals surface area contributed by atoms with Crippen LogP contribution < -0.4 is 9.47 Å². The Bertz CT molecular complexity index is 654. The van der Waals surface area contributed by atoms with Gasteiger partial charge in [-0.3, -0.25) is 0 Å². The molecule has 0 heterocycles. The number of ether oxygens (including phenoxy) is 2. The highest BCUT2D eigenvalue weighted by atomic mass is 16.5. The molecule has 100 valence electrons. The van der Waals surface area contributed by atoms with Crippen molar-refractivity contribution in [2.45, 2.75) is 0 Å². The molecule has 2 aromatic carbocycles. The van der Waals surface area contributed by atoms with Gasteiger partial charge in [-0.1, -0.05) is 36.4 Å². The molecule has 0 aliphatic heterocycles. The van der Waals surface area contributed by atoms with Crippen LogP contribution in [0.4, 0.5) is 0 Å². The summed E-state index contributed by atoms with van der Waals surface area (Å²) >= 11 is 0. The van der Waals surface area contributed by atoms with Crippen molar-refractivity contribution in [3.05, 3.63) is 65.7 Å². The van der Waals surface area contributed by atoms with Crippen LogP contribution in [0.1, 0.15) is 11.1 Å². The van der Waals surface area contributed by atoms with Crippen molar-refractivity contribution in [2.75, 3.05) is 14.2 Å². The maximum absolute atomic E-state index is 9.00. The van der Waals surface area contributed by atoms with E-state index in [2.05, 4.69) is 6.07 Å². The molecule has 0 radical (unpaired) electrons. The average Bonchev–Trinajstić information content (AvgIpc) is 2.52. The van der Waals surface area contributed by atoms with Crippen LogP contribution in [0.2, 0.25) is 0 Å². The van der Waals surface area contributed by atoms with Crippen molar-refractivity contribution in [1.29, 1.82) is 5.26 Å². The minimum absolute atomic E-state index is 0.643. The molecule has 0 aliphatic rings. The van der Waals surface area contributed by atoms with Gasteiger partial charge in [-0.15, -0.1) is 0 Å². The predicted molar refractivity (Wildman–Crippen MR) is 78.7 cm³/mol. The Kier molecular flexibility index (Phi) is 4.41. The summed E-state index contributed by atoms with van der Waals surface area (Å²) in [4.78, 5) is 0. The topological polar surface area (TPSA) is 42.2 Å². The molecular formula is C17H15NO2. The van der Waals surface area contributed by atoms with Crippen LogP contribution in [0.3, 0.4) is 0 Å². The molecular weight excluding hydrogens is 250 g/mol. The summed E-state index contributed by atoms with van der Waals surface area (Å²) in [5, 5.41) is 9.00. The Morgan fingerprint density at radius 1 is 0.950 bits per heavy atom. The molecule has 2 aromatic rings. The first-order chi connectivity index (χ1) is 9.80. The largest absolute Gasteiger partial charge is 0.493 e. The van der Waals surface area contributed by atoms with E-state index >= 15 is 0 Å². The van der Waals surface area contributed by atoms with Crippen molar-refractivity contribution in [3.63, 3.8) is 0 Å². The highest BCUT2D eigenvalue weighted by molar-refractivity contribution is 5.82. The number of nitrogens with zero attached hydrogens (tertiary/aromatic N) is 1. The standard InChI is InChI=1S/C17H15NO2/c1-19-16-9-8-14(12-17(16)20-2)15(10-11-18)13-6-4-3-5-7-13/h3-10,12H,1-2H3/b15-10+. The second-order valence-electron chi connectivity index (χ2n) is 4.12. The highest BCUT2D eigenvalue weighted by Gasteiger charge is 2.09. The third kappa shape index (κ3) is 2.81. The minimum Gasteiger partial charge on any atom is -0.493 e. The van der Waals surface area contributed by atoms with Gasteiger partial charge in [-0.25, -0.2) is 0 Å². The quantitative estimate of drug-likeness (QED) is 0.792. The second kappa shape index (κ2) is 6.44. The van der Waals surface area contributed by atoms with E-state index in [0.29, 0.717) is 11.5 Å². The zero-order chi connectivity index (χ0) is 14.4. The molecule has 0 fully saturated rings. The Morgan fingerprint density at radius 2 is 1.65 bits per heavy atom. The van der Waals surface area contributed by atoms with E-state index in [-0.39, 0.29) is 0 Å². The molecule has 2 rings (SSSR count). The first kappa shape index (κ1) is 13.7. The Morgan fingerprint density at radius 3 is 2.25 bits per heavy atom. The van der Waals surface area contributed by atoms with Gasteiger partial charge >= 0.3 is 0 Å². The fourth-order valence-corrected chi connectivity index (χ4v) is 2.02. The smallest absolute Gasteiger partial charge is 0.161 e. The fourth-order valence-electron chi connectivity index (χ4n) is 2.02. The molecule has 0 spiro atoms. The van der Waals surface area contributed by atoms with Gasteiger partial charge < -0.3 is 9.47 Å².